The number of carbonyl (C=O) groups excluding carboxylic acids is 1. The highest BCUT2D eigenvalue weighted by molar-refractivity contribution is 5.81. The van der Waals surface area contributed by atoms with Gasteiger partial charge in [0.05, 0.1) is 12.0 Å². The molecule has 2 aliphatic rings. The van der Waals surface area contributed by atoms with E-state index in [9.17, 15) is 14.7 Å². The van der Waals surface area contributed by atoms with Crippen LogP contribution in [0.15, 0.2) is 42.5 Å². The van der Waals surface area contributed by atoms with Crippen LogP contribution in [0, 0.1) is 11.3 Å². The van der Waals surface area contributed by atoms with Crippen LogP contribution in [0.25, 0.3) is 11.3 Å². The van der Waals surface area contributed by atoms with Crippen LogP contribution in [0.4, 0.5) is 0 Å². The summed E-state index contributed by atoms with van der Waals surface area (Å²) in [6, 6.07) is 14.1. The minimum atomic E-state index is -0.833. The molecule has 0 saturated carbocycles. The van der Waals surface area contributed by atoms with Crippen molar-refractivity contribution in [1.82, 2.24) is 9.88 Å². The number of fused-ring (bicyclic) bond motifs is 1. The summed E-state index contributed by atoms with van der Waals surface area (Å²) in [6.45, 7) is 1.66. The Balaban J connectivity index is 1.38. The molecule has 0 unspecified atom stereocenters. The van der Waals surface area contributed by atoms with Crippen LogP contribution in [0.2, 0.25) is 0 Å². The van der Waals surface area contributed by atoms with Crippen molar-refractivity contribution in [2.45, 2.75) is 19.3 Å². The van der Waals surface area contributed by atoms with Crippen LogP contribution in [0.1, 0.15) is 18.5 Å². The maximum Gasteiger partial charge on any atom is 0.311 e. The lowest BCUT2D eigenvalue weighted by molar-refractivity contribution is -0.157. The first-order chi connectivity index (χ1) is 13.1. The Kier molecular flexibility index (Phi) is 4.74. The van der Waals surface area contributed by atoms with Crippen molar-refractivity contribution in [2.75, 3.05) is 26.3 Å². The second-order valence-corrected chi connectivity index (χ2v) is 7.52. The highest BCUT2D eigenvalue weighted by Gasteiger charge is 2.54. The van der Waals surface area contributed by atoms with E-state index in [0.29, 0.717) is 45.6 Å². The Labute approximate surface area is 158 Å². The number of H-pyrrole nitrogens is 1. The molecule has 2 aliphatic heterocycles. The maximum absolute atomic E-state index is 12.7. The molecule has 0 radical (unpaired) electrons. The second kappa shape index (κ2) is 7.19. The van der Waals surface area contributed by atoms with E-state index in [4.69, 9.17) is 4.74 Å². The van der Waals surface area contributed by atoms with Crippen molar-refractivity contribution in [3.05, 3.63) is 48.2 Å². The summed E-state index contributed by atoms with van der Waals surface area (Å²) in [7, 11) is 0. The summed E-state index contributed by atoms with van der Waals surface area (Å²) in [5.41, 5.74) is 2.32. The van der Waals surface area contributed by atoms with Crippen molar-refractivity contribution < 1.29 is 19.4 Å². The zero-order chi connectivity index (χ0) is 18.9. The first kappa shape index (κ1) is 17.8. The molecule has 0 aliphatic carbocycles. The van der Waals surface area contributed by atoms with Gasteiger partial charge in [-0.1, -0.05) is 30.3 Å². The second-order valence-electron chi connectivity index (χ2n) is 7.52. The zero-order valence-electron chi connectivity index (χ0n) is 15.2. The minimum Gasteiger partial charge on any atom is -0.481 e. The topological polar surface area (TPSA) is 82.6 Å². The fourth-order valence-electron chi connectivity index (χ4n) is 4.26. The molecule has 2 saturated heterocycles. The van der Waals surface area contributed by atoms with Crippen molar-refractivity contribution >= 4 is 11.9 Å². The average Bonchev–Trinajstić information content (AvgIpc) is 3.32. The number of hydrogen-bond donors (Lipinski definition) is 2. The predicted octanol–water partition coefficient (Wildman–Crippen LogP) is 2.56. The third-order valence-electron chi connectivity index (χ3n) is 5.92. The molecule has 2 N–H and O–H groups in total. The SMILES string of the molecule is O=C(CCc1ccc(-c2ccccc2)[nH]1)N1C[C@H]2COCC[C@@]2(C(=O)O)C1. The summed E-state index contributed by atoms with van der Waals surface area (Å²) in [4.78, 5) is 29.6. The lowest BCUT2D eigenvalue weighted by atomic mass is 9.74. The molecular formula is C21H24N2O4. The standard InChI is InChI=1S/C21H24N2O4/c24-19(23-12-16-13-27-11-10-21(16,14-23)20(25)26)9-7-17-6-8-18(22-17)15-4-2-1-3-5-15/h1-6,8,16,22H,7,9-14H2,(H,25,26)/t16-,21+/m0/s1. The number of aliphatic carboxylic acids is 1. The highest BCUT2D eigenvalue weighted by Crippen LogP contribution is 2.42. The van der Waals surface area contributed by atoms with Crippen molar-refractivity contribution in [2.24, 2.45) is 11.3 Å². The van der Waals surface area contributed by atoms with Gasteiger partial charge in [-0.15, -0.1) is 0 Å². The first-order valence-electron chi connectivity index (χ1n) is 9.41. The third kappa shape index (κ3) is 3.37. The van der Waals surface area contributed by atoms with Crippen molar-refractivity contribution in [3.8, 4) is 11.3 Å². The van der Waals surface area contributed by atoms with Crippen molar-refractivity contribution in [3.63, 3.8) is 0 Å². The number of hydrogen-bond acceptors (Lipinski definition) is 3. The van der Waals surface area contributed by atoms with Crippen LogP contribution in [-0.2, 0) is 20.7 Å². The van der Waals surface area contributed by atoms with Crippen LogP contribution in [0.3, 0.4) is 0 Å². The predicted molar refractivity (Wildman–Crippen MR) is 100 cm³/mol. The lowest BCUT2D eigenvalue weighted by Crippen LogP contribution is -2.45. The highest BCUT2D eigenvalue weighted by atomic mass is 16.5. The molecule has 1 aromatic carbocycles. The Morgan fingerprint density at radius 2 is 2.04 bits per heavy atom. The number of aryl methyl sites for hydroxylation is 1. The Bertz CT molecular complexity index is 832. The van der Waals surface area contributed by atoms with Gasteiger partial charge >= 0.3 is 5.97 Å². The number of carboxylic acids is 1. The third-order valence-corrected chi connectivity index (χ3v) is 5.92. The number of likely N-dealkylation sites (tertiary alicyclic amines) is 1. The fraction of sp³-hybridized carbons (Fsp3) is 0.429. The molecule has 2 atom stereocenters. The van der Waals surface area contributed by atoms with Crippen LogP contribution < -0.4 is 0 Å². The van der Waals surface area contributed by atoms with E-state index in [1.54, 1.807) is 4.90 Å². The summed E-state index contributed by atoms with van der Waals surface area (Å²) < 4.78 is 5.45. The molecule has 142 valence electrons. The van der Waals surface area contributed by atoms with Gasteiger partial charge in [-0.25, -0.2) is 0 Å². The summed E-state index contributed by atoms with van der Waals surface area (Å²) >= 11 is 0. The number of rotatable bonds is 5. The van der Waals surface area contributed by atoms with Gasteiger partial charge in [0.1, 0.15) is 0 Å². The molecule has 4 rings (SSSR count). The number of nitrogens with one attached hydrogen (secondary N) is 1. The minimum absolute atomic E-state index is 0.0147. The van der Waals surface area contributed by atoms with Crippen molar-refractivity contribution in [1.29, 1.82) is 0 Å². The number of aromatic amines is 1. The molecule has 6 nitrogen and oxygen atoms in total. The number of nitrogens with zero attached hydrogens (tertiary/aromatic N) is 1. The summed E-state index contributed by atoms with van der Waals surface area (Å²) in [5, 5.41) is 9.72. The van der Waals surface area contributed by atoms with E-state index in [2.05, 4.69) is 4.98 Å². The molecule has 1 amide bonds. The Morgan fingerprint density at radius 3 is 2.78 bits per heavy atom. The first-order valence-corrected chi connectivity index (χ1v) is 9.41. The van der Waals surface area contributed by atoms with Gasteiger partial charge in [0.2, 0.25) is 5.91 Å². The van der Waals surface area contributed by atoms with E-state index in [-0.39, 0.29) is 11.8 Å². The Morgan fingerprint density at radius 1 is 1.22 bits per heavy atom. The van der Waals surface area contributed by atoms with Crippen LogP contribution >= 0.6 is 0 Å². The largest absolute Gasteiger partial charge is 0.481 e. The van der Waals surface area contributed by atoms with Gasteiger partial charge in [-0.3, -0.25) is 9.59 Å². The Hall–Kier alpha value is -2.60. The molecule has 6 heteroatoms. The van der Waals surface area contributed by atoms with Gasteiger partial charge in [-0.2, -0.15) is 0 Å². The van der Waals surface area contributed by atoms with E-state index in [1.807, 2.05) is 42.5 Å². The number of amides is 1. The molecule has 2 aromatic rings. The van der Waals surface area contributed by atoms with Gasteiger partial charge in [0, 0.05) is 43.4 Å². The number of aromatic nitrogens is 1. The fourth-order valence-corrected chi connectivity index (χ4v) is 4.26. The summed E-state index contributed by atoms with van der Waals surface area (Å²) in [5.74, 6) is -0.897. The average molecular weight is 368 g/mol. The molecule has 3 heterocycles. The van der Waals surface area contributed by atoms with E-state index in [0.717, 1.165) is 17.0 Å². The lowest BCUT2D eigenvalue weighted by Gasteiger charge is -2.33. The molecule has 27 heavy (non-hydrogen) atoms. The molecule has 1 aromatic heterocycles. The van der Waals surface area contributed by atoms with Gasteiger partial charge in [-0.05, 0) is 30.5 Å². The van der Waals surface area contributed by atoms with E-state index >= 15 is 0 Å². The quantitative estimate of drug-likeness (QED) is 0.850. The van der Waals surface area contributed by atoms with E-state index < -0.39 is 11.4 Å². The number of benzene rings is 1. The number of ether oxygens (including phenoxy) is 1. The smallest absolute Gasteiger partial charge is 0.311 e. The monoisotopic (exact) mass is 368 g/mol. The molecular weight excluding hydrogens is 344 g/mol. The van der Waals surface area contributed by atoms with Gasteiger partial charge in [0.15, 0.2) is 0 Å². The molecule has 0 spiro atoms. The summed E-state index contributed by atoms with van der Waals surface area (Å²) in [6.07, 6.45) is 1.47. The zero-order valence-corrected chi connectivity index (χ0v) is 15.2. The van der Waals surface area contributed by atoms with Gasteiger partial charge < -0.3 is 19.7 Å². The normalized spacial score (nSPS) is 24.6. The van der Waals surface area contributed by atoms with E-state index in [1.165, 1.54) is 0 Å². The van der Waals surface area contributed by atoms with Crippen LogP contribution in [-0.4, -0.2) is 53.2 Å². The number of carbonyl (C=O) groups is 2. The van der Waals surface area contributed by atoms with Gasteiger partial charge in [0.25, 0.3) is 0 Å². The number of carboxylic acid groups (broad SMARTS) is 1. The molecule has 0 bridgehead atoms. The maximum atomic E-state index is 12.7. The molecule has 2 fully saturated rings. The van der Waals surface area contributed by atoms with Crippen LogP contribution in [0.5, 0.6) is 0 Å².